The Balaban J connectivity index is 1.76. The van der Waals surface area contributed by atoms with Gasteiger partial charge in [0.25, 0.3) is 0 Å². The number of benzene rings is 3. The quantitative estimate of drug-likeness (QED) is 0.329. The van der Waals surface area contributed by atoms with Crippen molar-refractivity contribution in [3.8, 4) is 0 Å². The fraction of sp³-hybridized carbons (Fsp3) is 0.222. The molecule has 0 aliphatic carbocycles. The van der Waals surface area contributed by atoms with E-state index in [1.807, 2.05) is 30.3 Å². The summed E-state index contributed by atoms with van der Waals surface area (Å²) < 4.78 is 2.34. The summed E-state index contributed by atoms with van der Waals surface area (Å²) in [7, 11) is 0. The first-order valence-electron chi connectivity index (χ1n) is 10.4. The summed E-state index contributed by atoms with van der Waals surface area (Å²) in [4.78, 5) is 13.4. The highest BCUT2D eigenvalue weighted by atomic mass is 16.1. The average molecular weight is 382 g/mol. The third-order valence-corrected chi connectivity index (χ3v) is 5.50. The van der Waals surface area contributed by atoms with E-state index in [0.717, 1.165) is 35.1 Å². The molecule has 0 saturated carbocycles. The minimum Gasteiger partial charge on any atom is -0.339 e. The van der Waals surface area contributed by atoms with E-state index < -0.39 is 0 Å². The lowest BCUT2D eigenvalue weighted by atomic mass is 9.96. The highest BCUT2D eigenvalue weighted by Gasteiger charge is 2.24. The fourth-order valence-electron chi connectivity index (χ4n) is 4.18. The molecule has 0 saturated heterocycles. The van der Waals surface area contributed by atoms with Crippen molar-refractivity contribution in [2.45, 2.75) is 39.2 Å². The second-order valence-electron chi connectivity index (χ2n) is 7.91. The van der Waals surface area contributed by atoms with Gasteiger partial charge in [-0.25, -0.2) is 0 Å². The predicted molar refractivity (Wildman–Crippen MR) is 121 cm³/mol. The molecule has 0 aliphatic rings. The molecule has 3 aromatic carbocycles. The summed E-state index contributed by atoms with van der Waals surface area (Å²) >= 11 is 0. The molecule has 0 spiro atoms. The first-order chi connectivity index (χ1) is 14.1. The molecule has 0 bridgehead atoms. The molecule has 0 N–H and O–H groups in total. The summed E-state index contributed by atoms with van der Waals surface area (Å²) in [5, 5.41) is 1.07. The topological polar surface area (TPSA) is 22.0 Å². The van der Waals surface area contributed by atoms with Gasteiger partial charge in [-0.05, 0) is 29.5 Å². The highest BCUT2D eigenvalue weighted by molar-refractivity contribution is 6.09. The summed E-state index contributed by atoms with van der Waals surface area (Å²) in [6, 6.07) is 29.1. The van der Waals surface area contributed by atoms with E-state index >= 15 is 0 Å². The van der Waals surface area contributed by atoms with Crippen LogP contribution in [0.3, 0.4) is 0 Å². The average Bonchev–Trinajstić information content (AvgIpc) is 3.08. The molecule has 0 radical (unpaired) electrons. The van der Waals surface area contributed by atoms with Gasteiger partial charge in [0.05, 0.1) is 0 Å². The van der Waals surface area contributed by atoms with Crippen LogP contribution in [-0.4, -0.2) is 10.4 Å². The number of carbonyl (C=O) groups is 1. The van der Waals surface area contributed by atoms with Gasteiger partial charge in [-0.1, -0.05) is 92.7 Å². The van der Waals surface area contributed by atoms with Gasteiger partial charge in [-0.2, -0.15) is 0 Å². The van der Waals surface area contributed by atoms with E-state index in [9.17, 15) is 4.79 Å². The van der Waals surface area contributed by atoms with Crippen LogP contribution in [0.4, 0.5) is 0 Å². The Morgan fingerprint density at radius 2 is 1.38 bits per heavy atom. The van der Waals surface area contributed by atoms with Crippen molar-refractivity contribution < 1.29 is 4.79 Å². The molecule has 4 aromatic rings. The molecule has 1 heterocycles. The molecular formula is C27H27NO. The van der Waals surface area contributed by atoms with Crippen LogP contribution in [0.2, 0.25) is 0 Å². The zero-order chi connectivity index (χ0) is 20.2. The number of aryl methyl sites for hydroxylation is 1. The van der Waals surface area contributed by atoms with Crippen molar-refractivity contribution in [1.29, 1.82) is 0 Å². The number of aromatic nitrogens is 1. The predicted octanol–water partition coefficient (Wildman–Crippen LogP) is 6.63. The molecular weight excluding hydrogens is 354 g/mol. The van der Waals surface area contributed by atoms with Crippen LogP contribution < -0.4 is 0 Å². The van der Waals surface area contributed by atoms with Crippen molar-refractivity contribution in [2.24, 2.45) is 0 Å². The first kappa shape index (κ1) is 19.2. The van der Waals surface area contributed by atoms with Crippen molar-refractivity contribution in [3.05, 3.63) is 107 Å². The molecule has 1 aromatic heterocycles. The van der Waals surface area contributed by atoms with Crippen LogP contribution >= 0.6 is 0 Å². The maximum Gasteiger partial charge on any atom is 0.165 e. The first-order valence-corrected chi connectivity index (χ1v) is 10.4. The summed E-state index contributed by atoms with van der Waals surface area (Å²) in [5.74, 6) is 0.502. The van der Waals surface area contributed by atoms with Crippen molar-refractivity contribution >= 4 is 16.7 Å². The van der Waals surface area contributed by atoms with E-state index in [0.29, 0.717) is 6.42 Å². The number of Topliss-reactive ketones (excluding diaryl/α,β-unsaturated/α-hetero) is 1. The Bertz CT molecular complexity index is 1110. The molecule has 0 amide bonds. The minimum atomic E-state index is 0.237. The maximum atomic E-state index is 13.4. The Hall–Kier alpha value is -3.13. The van der Waals surface area contributed by atoms with E-state index in [4.69, 9.17) is 0 Å². The molecule has 29 heavy (non-hydrogen) atoms. The minimum absolute atomic E-state index is 0.237. The Kier molecular flexibility index (Phi) is 5.62. The van der Waals surface area contributed by atoms with Crippen LogP contribution in [-0.2, 0) is 13.0 Å². The van der Waals surface area contributed by atoms with Gasteiger partial charge < -0.3 is 4.57 Å². The van der Waals surface area contributed by atoms with Crippen LogP contribution in [0.15, 0.2) is 84.9 Å². The Morgan fingerprint density at radius 1 is 0.793 bits per heavy atom. The molecule has 0 aliphatic heterocycles. The SMILES string of the molecule is CC(C)c1c(C(=O)CCc2ccccc2)c2ccccc2n1Cc1ccccc1. The summed E-state index contributed by atoms with van der Waals surface area (Å²) in [6.45, 7) is 5.15. The second kappa shape index (κ2) is 8.48. The number of para-hydroxylation sites is 1. The van der Waals surface area contributed by atoms with Gasteiger partial charge in [-0.15, -0.1) is 0 Å². The molecule has 0 unspecified atom stereocenters. The molecule has 0 atom stereocenters. The van der Waals surface area contributed by atoms with Crippen LogP contribution in [0, 0.1) is 0 Å². The normalized spacial score (nSPS) is 11.3. The summed E-state index contributed by atoms with van der Waals surface area (Å²) in [5.41, 5.74) is 5.65. The molecule has 4 rings (SSSR count). The number of hydrogen-bond donors (Lipinski definition) is 0. The van der Waals surface area contributed by atoms with Gasteiger partial charge in [0.15, 0.2) is 5.78 Å². The van der Waals surface area contributed by atoms with E-state index in [1.165, 1.54) is 11.1 Å². The third-order valence-electron chi connectivity index (χ3n) is 5.50. The van der Waals surface area contributed by atoms with Crippen molar-refractivity contribution in [1.82, 2.24) is 4.57 Å². The van der Waals surface area contributed by atoms with Gasteiger partial charge in [0, 0.05) is 35.1 Å². The Morgan fingerprint density at radius 3 is 2.03 bits per heavy atom. The van der Waals surface area contributed by atoms with Crippen molar-refractivity contribution in [3.63, 3.8) is 0 Å². The number of ketones is 1. The summed E-state index contributed by atoms with van der Waals surface area (Å²) in [6.07, 6.45) is 1.30. The molecule has 146 valence electrons. The van der Waals surface area contributed by atoms with Crippen LogP contribution in [0.25, 0.3) is 10.9 Å². The van der Waals surface area contributed by atoms with E-state index in [-0.39, 0.29) is 11.7 Å². The van der Waals surface area contributed by atoms with Gasteiger partial charge >= 0.3 is 0 Å². The fourth-order valence-corrected chi connectivity index (χ4v) is 4.18. The van der Waals surface area contributed by atoms with Gasteiger partial charge in [0.2, 0.25) is 0 Å². The molecule has 2 heteroatoms. The maximum absolute atomic E-state index is 13.4. The van der Waals surface area contributed by atoms with Gasteiger partial charge in [0.1, 0.15) is 0 Å². The number of rotatable bonds is 7. The molecule has 0 fully saturated rings. The van der Waals surface area contributed by atoms with Gasteiger partial charge in [-0.3, -0.25) is 4.79 Å². The zero-order valence-corrected chi connectivity index (χ0v) is 17.1. The third kappa shape index (κ3) is 4.02. The lowest BCUT2D eigenvalue weighted by Gasteiger charge is -2.15. The standard InChI is InChI=1S/C27H27NO/c1-20(2)27-26(25(29)18-17-21-11-5-3-6-12-21)23-15-9-10-16-24(23)28(27)19-22-13-7-4-8-14-22/h3-16,20H,17-19H2,1-2H3. The van der Waals surface area contributed by atoms with Crippen LogP contribution in [0.1, 0.15) is 53.4 Å². The zero-order valence-electron chi connectivity index (χ0n) is 17.1. The van der Waals surface area contributed by atoms with Crippen LogP contribution in [0.5, 0.6) is 0 Å². The molecule has 2 nitrogen and oxygen atoms in total. The highest BCUT2D eigenvalue weighted by Crippen LogP contribution is 2.33. The smallest absolute Gasteiger partial charge is 0.165 e. The second-order valence-corrected chi connectivity index (χ2v) is 7.91. The largest absolute Gasteiger partial charge is 0.339 e. The number of carbonyl (C=O) groups excluding carboxylic acids is 1. The number of nitrogens with zero attached hydrogens (tertiary/aromatic N) is 1. The lowest BCUT2D eigenvalue weighted by Crippen LogP contribution is -2.10. The Labute approximate surface area is 172 Å². The van der Waals surface area contributed by atoms with E-state index in [2.05, 4.69) is 73.0 Å². The van der Waals surface area contributed by atoms with E-state index in [1.54, 1.807) is 0 Å². The monoisotopic (exact) mass is 381 g/mol. The lowest BCUT2D eigenvalue weighted by molar-refractivity contribution is 0.0983. The van der Waals surface area contributed by atoms with Crippen molar-refractivity contribution in [2.75, 3.05) is 0 Å². The number of hydrogen-bond acceptors (Lipinski definition) is 1. The number of fused-ring (bicyclic) bond motifs is 1.